The summed E-state index contributed by atoms with van der Waals surface area (Å²) in [6, 6.07) is 3.56. The number of amides is 1. The van der Waals surface area contributed by atoms with Crippen molar-refractivity contribution in [3.8, 4) is 0 Å². The molecule has 0 N–H and O–H groups in total. The molecule has 16 heavy (non-hydrogen) atoms. The molecular weight excluding hydrogens is 272 g/mol. The number of hydrogen-bond acceptors (Lipinski definition) is 3. The lowest BCUT2D eigenvalue weighted by atomic mass is 10.2. The number of halogens is 1. The number of pyridine rings is 1. The number of carbonyl (C=O) groups is 1. The summed E-state index contributed by atoms with van der Waals surface area (Å²) in [7, 11) is 1.65. The summed E-state index contributed by atoms with van der Waals surface area (Å²) in [6.45, 7) is 5.49. The summed E-state index contributed by atoms with van der Waals surface area (Å²) in [6.07, 6.45) is 1.25. The van der Waals surface area contributed by atoms with Gasteiger partial charge in [0.15, 0.2) is 0 Å². The SMILES string of the molecule is CN(C(=O)OC(C)(C)C)c1cccnc1Br. The lowest BCUT2D eigenvalue weighted by Crippen LogP contribution is -2.34. The van der Waals surface area contributed by atoms with E-state index in [9.17, 15) is 4.79 Å². The van der Waals surface area contributed by atoms with Crippen LogP contribution in [0.25, 0.3) is 0 Å². The van der Waals surface area contributed by atoms with Crippen LogP contribution in [0, 0.1) is 0 Å². The summed E-state index contributed by atoms with van der Waals surface area (Å²) in [5, 5.41) is 0. The van der Waals surface area contributed by atoms with Crippen LogP contribution in [0.1, 0.15) is 20.8 Å². The Hall–Kier alpha value is -1.10. The number of rotatable bonds is 1. The molecule has 0 spiro atoms. The number of anilines is 1. The standard InChI is InChI=1S/C11H15BrN2O2/c1-11(2,3)16-10(15)14(4)8-6-5-7-13-9(8)12/h5-7H,1-4H3. The van der Waals surface area contributed by atoms with Gasteiger partial charge < -0.3 is 4.74 Å². The van der Waals surface area contributed by atoms with E-state index in [0.717, 1.165) is 0 Å². The molecular formula is C11H15BrN2O2. The minimum absolute atomic E-state index is 0.402. The highest BCUT2D eigenvalue weighted by atomic mass is 79.9. The van der Waals surface area contributed by atoms with E-state index >= 15 is 0 Å². The van der Waals surface area contributed by atoms with E-state index in [4.69, 9.17) is 4.74 Å². The molecule has 0 aromatic carbocycles. The van der Waals surface area contributed by atoms with Gasteiger partial charge in [-0.15, -0.1) is 0 Å². The van der Waals surface area contributed by atoms with Gasteiger partial charge in [0, 0.05) is 13.2 Å². The van der Waals surface area contributed by atoms with Gasteiger partial charge in [-0.25, -0.2) is 9.78 Å². The van der Waals surface area contributed by atoms with Gasteiger partial charge in [-0.1, -0.05) is 0 Å². The molecule has 1 aromatic rings. The third kappa shape index (κ3) is 3.48. The fraction of sp³-hybridized carbons (Fsp3) is 0.455. The normalized spacial score (nSPS) is 11.1. The van der Waals surface area contributed by atoms with Crippen LogP contribution < -0.4 is 4.90 Å². The maximum Gasteiger partial charge on any atom is 0.414 e. The molecule has 1 rings (SSSR count). The monoisotopic (exact) mass is 286 g/mol. The first-order valence-corrected chi connectivity index (χ1v) is 5.68. The van der Waals surface area contributed by atoms with Crippen LogP contribution in [0.3, 0.4) is 0 Å². The summed E-state index contributed by atoms with van der Waals surface area (Å²) < 4.78 is 5.86. The molecule has 1 amide bonds. The molecule has 5 heteroatoms. The first-order chi connectivity index (χ1) is 7.31. The maximum absolute atomic E-state index is 11.8. The Morgan fingerprint density at radius 3 is 2.62 bits per heavy atom. The van der Waals surface area contributed by atoms with Crippen molar-refractivity contribution < 1.29 is 9.53 Å². The Kier molecular flexibility index (Phi) is 3.91. The Bertz CT molecular complexity index is 388. The summed E-state index contributed by atoms with van der Waals surface area (Å²) >= 11 is 3.28. The van der Waals surface area contributed by atoms with Crippen molar-refractivity contribution in [3.63, 3.8) is 0 Å². The third-order valence-corrected chi connectivity index (χ3v) is 2.38. The molecule has 0 saturated carbocycles. The fourth-order valence-electron chi connectivity index (χ4n) is 1.06. The summed E-state index contributed by atoms with van der Waals surface area (Å²) in [5.74, 6) is 0. The van der Waals surface area contributed by atoms with Crippen molar-refractivity contribution in [2.45, 2.75) is 26.4 Å². The molecule has 0 bridgehead atoms. The minimum atomic E-state index is -0.500. The van der Waals surface area contributed by atoms with Crippen LogP contribution in [-0.2, 0) is 4.74 Å². The average Bonchev–Trinajstić information content (AvgIpc) is 2.15. The van der Waals surface area contributed by atoms with Gasteiger partial charge in [0.2, 0.25) is 0 Å². The zero-order valence-corrected chi connectivity index (χ0v) is 11.4. The quantitative estimate of drug-likeness (QED) is 0.745. The third-order valence-electron chi connectivity index (χ3n) is 1.77. The van der Waals surface area contributed by atoms with Crippen molar-refractivity contribution >= 4 is 27.7 Å². The number of hydrogen-bond donors (Lipinski definition) is 0. The molecule has 4 nitrogen and oxygen atoms in total. The van der Waals surface area contributed by atoms with Gasteiger partial charge in [-0.2, -0.15) is 0 Å². The van der Waals surface area contributed by atoms with Crippen LogP contribution in [-0.4, -0.2) is 23.7 Å². The second kappa shape index (κ2) is 4.82. The van der Waals surface area contributed by atoms with Crippen molar-refractivity contribution in [1.29, 1.82) is 0 Å². The molecule has 88 valence electrons. The van der Waals surface area contributed by atoms with Gasteiger partial charge >= 0.3 is 6.09 Å². The molecule has 0 fully saturated rings. The van der Waals surface area contributed by atoms with E-state index in [0.29, 0.717) is 10.3 Å². The molecule has 0 atom stereocenters. The summed E-state index contributed by atoms with van der Waals surface area (Å²) in [4.78, 5) is 17.2. The van der Waals surface area contributed by atoms with Gasteiger partial charge in [0.25, 0.3) is 0 Å². The van der Waals surface area contributed by atoms with E-state index in [1.807, 2.05) is 20.8 Å². The predicted molar refractivity (Wildman–Crippen MR) is 66.6 cm³/mol. The van der Waals surface area contributed by atoms with Crippen molar-refractivity contribution in [1.82, 2.24) is 4.98 Å². The molecule has 1 aromatic heterocycles. The zero-order valence-electron chi connectivity index (χ0n) is 9.82. The van der Waals surface area contributed by atoms with E-state index in [-0.39, 0.29) is 0 Å². The first-order valence-electron chi connectivity index (χ1n) is 4.88. The van der Waals surface area contributed by atoms with E-state index < -0.39 is 11.7 Å². The van der Waals surface area contributed by atoms with Gasteiger partial charge in [-0.3, -0.25) is 4.90 Å². The molecule has 0 aliphatic carbocycles. The van der Waals surface area contributed by atoms with E-state index in [2.05, 4.69) is 20.9 Å². The number of nitrogens with zero attached hydrogens (tertiary/aromatic N) is 2. The maximum atomic E-state index is 11.8. The molecule has 0 aliphatic rings. The first kappa shape index (κ1) is 13.0. The molecule has 0 aliphatic heterocycles. The lowest BCUT2D eigenvalue weighted by Gasteiger charge is -2.24. The van der Waals surface area contributed by atoms with Crippen LogP contribution in [0.4, 0.5) is 10.5 Å². The number of aromatic nitrogens is 1. The average molecular weight is 287 g/mol. The van der Waals surface area contributed by atoms with Gasteiger partial charge in [-0.05, 0) is 48.8 Å². The number of ether oxygens (including phenoxy) is 1. The highest BCUT2D eigenvalue weighted by Crippen LogP contribution is 2.23. The van der Waals surface area contributed by atoms with Crippen molar-refractivity contribution in [3.05, 3.63) is 22.9 Å². The number of carbonyl (C=O) groups excluding carboxylic acids is 1. The second-order valence-electron chi connectivity index (χ2n) is 4.35. The predicted octanol–water partition coefficient (Wildman–Crippen LogP) is 3.22. The second-order valence-corrected chi connectivity index (χ2v) is 5.10. The highest BCUT2D eigenvalue weighted by molar-refractivity contribution is 9.10. The highest BCUT2D eigenvalue weighted by Gasteiger charge is 2.21. The molecule has 0 unspecified atom stereocenters. The molecule has 0 saturated heterocycles. The van der Waals surface area contributed by atoms with E-state index in [1.165, 1.54) is 4.90 Å². The lowest BCUT2D eigenvalue weighted by molar-refractivity contribution is 0.0589. The largest absolute Gasteiger partial charge is 0.443 e. The Labute approximate surface area is 104 Å². The smallest absolute Gasteiger partial charge is 0.414 e. The molecule has 1 heterocycles. The molecule has 0 radical (unpaired) electrons. The van der Waals surface area contributed by atoms with Gasteiger partial charge in [0.05, 0.1) is 5.69 Å². The van der Waals surface area contributed by atoms with Crippen molar-refractivity contribution in [2.75, 3.05) is 11.9 Å². The topological polar surface area (TPSA) is 42.4 Å². The summed E-state index contributed by atoms with van der Waals surface area (Å²) in [5.41, 5.74) is 0.178. The van der Waals surface area contributed by atoms with Gasteiger partial charge in [0.1, 0.15) is 10.2 Å². The van der Waals surface area contributed by atoms with Crippen LogP contribution >= 0.6 is 15.9 Å². The van der Waals surface area contributed by atoms with Crippen LogP contribution in [0.15, 0.2) is 22.9 Å². The van der Waals surface area contributed by atoms with E-state index in [1.54, 1.807) is 25.4 Å². The van der Waals surface area contributed by atoms with Crippen molar-refractivity contribution in [2.24, 2.45) is 0 Å². The Morgan fingerprint density at radius 2 is 2.12 bits per heavy atom. The fourth-order valence-corrected chi connectivity index (χ4v) is 1.57. The zero-order chi connectivity index (χ0) is 12.3. The Morgan fingerprint density at radius 1 is 1.50 bits per heavy atom. The Balaban J connectivity index is 2.83. The minimum Gasteiger partial charge on any atom is -0.443 e. The van der Waals surface area contributed by atoms with Crippen LogP contribution in [0.5, 0.6) is 0 Å². The van der Waals surface area contributed by atoms with Crippen LogP contribution in [0.2, 0.25) is 0 Å².